The number of benzene rings is 1. The van der Waals surface area contributed by atoms with E-state index in [0.29, 0.717) is 0 Å². The summed E-state index contributed by atoms with van der Waals surface area (Å²) in [7, 11) is 0. The third-order valence-electron chi connectivity index (χ3n) is 4.08. The molecule has 2 nitrogen and oxygen atoms in total. The SMILES string of the molecule is CSc1cccc(CCCC#Cc2ccc(CCC(C)(N)CO)s2)c1. The van der Waals surface area contributed by atoms with E-state index in [-0.39, 0.29) is 6.61 Å². The molecular weight excluding hydrogens is 346 g/mol. The molecule has 25 heavy (non-hydrogen) atoms. The Labute approximate surface area is 159 Å². The summed E-state index contributed by atoms with van der Waals surface area (Å²) in [6, 6.07) is 12.9. The second-order valence-corrected chi connectivity index (χ2v) is 8.63. The van der Waals surface area contributed by atoms with Crippen molar-refractivity contribution in [2.24, 2.45) is 5.73 Å². The number of rotatable bonds is 8. The second-order valence-electron chi connectivity index (χ2n) is 6.58. The molecule has 0 saturated carbocycles. The minimum atomic E-state index is -0.497. The first-order valence-electron chi connectivity index (χ1n) is 8.63. The largest absolute Gasteiger partial charge is 0.394 e. The summed E-state index contributed by atoms with van der Waals surface area (Å²) in [5, 5.41) is 9.21. The molecule has 0 fully saturated rings. The van der Waals surface area contributed by atoms with E-state index in [0.717, 1.165) is 37.0 Å². The van der Waals surface area contributed by atoms with Gasteiger partial charge in [0.15, 0.2) is 0 Å². The molecule has 1 aromatic heterocycles. The Hall–Kier alpha value is -1.25. The molecule has 0 amide bonds. The maximum atomic E-state index is 9.21. The van der Waals surface area contributed by atoms with Crippen molar-refractivity contribution in [3.05, 3.63) is 51.7 Å². The molecule has 3 N–H and O–H groups in total. The fourth-order valence-corrected chi connectivity index (χ4v) is 3.79. The van der Waals surface area contributed by atoms with Gasteiger partial charge in [0.2, 0.25) is 0 Å². The number of thioether (sulfide) groups is 1. The summed E-state index contributed by atoms with van der Waals surface area (Å²) in [6.07, 6.45) is 6.87. The average Bonchev–Trinajstić information content (AvgIpc) is 3.08. The molecular formula is C21H27NOS2. The summed E-state index contributed by atoms with van der Waals surface area (Å²) in [5.74, 6) is 6.56. The maximum Gasteiger partial charge on any atom is 0.0771 e. The van der Waals surface area contributed by atoms with Crippen molar-refractivity contribution in [2.75, 3.05) is 12.9 Å². The smallest absolute Gasteiger partial charge is 0.0771 e. The maximum absolute atomic E-state index is 9.21. The normalized spacial score (nSPS) is 13.1. The van der Waals surface area contributed by atoms with E-state index in [9.17, 15) is 5.11 Å². The van der Waals surface area contributed by atoms with Gasteiger partial charge in [-0.1, -0.05) is 24.0 Å². The van der Waals surface area contributed by atoms with Crippen LogP contribution >= 0.6 is 23.1 Å². The van der Waals surface area contributed by atoms with Gasteiger partial charge in [0.05, 0.1) is 11.5 Å². The summed E-state index contributed by atoms with van der Waals surface area (Å²) >= 11 is 3.51. The monoisotopic (exact) mass is 373 g/mol. The van der Waals surface area contributed by atoms with Crippen LogP contribution in [-0.4, -0.2) is 23.5 Å². The fourth-order valence-electron chi connectivity index (χ4n) is 2.43. The molecule has 1 unspecified atom stereocenters. The molecule has 0 spiro atoms. The second kappa shape index (κ2) is 10.0. The zero-order valence-corrected chi connectivity index (χ0v) is 16.7. The molecule has 1 aromatic carbocycles. The Bertz CT molecular complexity index is 725. The van der Waals surface area contributed by atoms with Crippen LogP contribution < -0.4 is 5.73 Å². The highest BCUT2D eigenvalue weighted by Gasteiger charge is 2.16. The van der Waals surface area contributed by atoms with Crippen LogP contribution in [-0.2, 0) is 12.8 Å². The van der Waals surface area contributed by atoms with Crippen LogP contribution in [0.2, 0.25) is 0 Å². The van der Waals surface area contributed by atoms with Gasteiger partial charge < -0.3 is 10.8 Å². The Morgan fingerprint density at radius 1 is 1.24 bits per heavy atom. The van der Waals surface area contributed by atoms with Gasteiger partial charge >= 0.3 is 0 Å². The number of thiophene rings is 1. The van der Waals surface area contributed by atoms with Crippen molar-refractivity contribution in [1.29, 1.82) is 0 Å². The van der Waals surface area contributed by atoms with Crippen molar-refractivity contribution < 1.29 is 5.11 Å². The van der Waals surface area contributed by atoms with Crippen LogP contribution in [0.15, 0.2) is 41.3 Å². The molecule has 0 aliphatic rings. The highest BCUT2D eigenvalue weighted by atomic mass is 32.2. The minimum Gasteiger partial charge on any atom is -0.394 e. The molecule has 0 bridgehead atoms. The summed E-state index contributed by atoms with van der Waals surface area (Å²) < 4.78 is 0. The average molecular weight is 374 g/mol. The Morgan fingerprint density at radius 3 is 2.84 bits per heavy atom. The van der Waals surface area contributed by atoms with Crippen LogP contribution in [0.3, 0.4) is 0 Å². The molecule has 2 rings (SSSR count). The van der Waals surface area contributed by atoms with Crippen LogP contribution in [0.5, 0.6) is 0 Å². The lowest BCUT2D eigenvalue weighted by molar-refractivity contribution is 0.201. The molecule has 0 radical (unpaired) electrons. The molecule has 0 aliphatic carbocycles. The predicted octanol–water partition coefficient (Wildman–Crippen LogP) is 4.49. The summed E-state index contributed by atoms with van der Waals surface area (Å²) in [5.41, 5.74) is 6.87. The van der Waals surface area contributed by atoms with Crippen LogP contribution in [0, 0.1) is 11.8 Å². The first kappa shape index (κ1) is 20.1. The molecule has 2 aromatic rings. The highest BCUT2D eigenvalue weighted by Crippen LogP contribution is 2.20. The summed E-state index contributed by atoms with van der Waals surface area (Å²) in [4.78, 5) is 3.72. The van der Waals surface area contributed by atoms with Crippen LogP contribution in [0.4, 0.5) is 0 Å². The number of hydrogen-bond acceptors (Lipinski definition) is 4. The molecule has 4 heteroatoms. The molecule has 134 valence electrons. The van der Waals surface area contributed by atoms with Gasteiger partial charge in [0.1, 0.15) is 0 Å². The lowest BCUT2D eigenvalue weighted by atomic mass is 9.98. The Kier molecular flexibility index (Phi) is 8.05. The van der Waals surface area contributed by atoms with E-state index < -0.39 is 5.54 Å². The molecule has 0 saturated heterocycles. The number of nitrogens with two attached hydrogens (primary N) is 1. The third kappa shape index (κ3) is 7.25. The first-order chi connectivity index (χ1) is 12.0. The fraction of sp³-hybridized carbons (Fsp3) is 0.429. The Balaban J connectivity index is 1.76. The highest BCUT2D eigenvalue weighted by molar-refractivity contribution is 7.98. The van der Waals surface area contributed by atoms with Crippen LogP contribution in [0.1, 0.15) is 41.5 Å². The van der Waals surface area contributed by atoms with E-state index in [2.05, 4.69) is 54.5 Å². The number of aliphatic hydroxyl groups excluding tert-OH is 1. The number of hydrogen-bond donors (Lipinski definition) is 2. The van der Waals surface area contributed by atoms with Crippen molar-refractivity contribution in [1.82, 2.24) is 0 Å². The molecule has 1 heterocycles. The van der Waals surface area contributed by atoms with Crippen molar-refractivity contribution in [3.63, 3.8) is 0 Å². The lowest BCUT2D eigenvalue weighted by Gasteiger charge is -2.20. The van der Waals surface area contributed by atoms with Gasteiger partial charge in [-0.15, -0.1) is 23.1 Å². The van der Waals surface area contributed by atoms with Crippen molar-refractivity contribution in [3.8, 4) is 11.8 Å². The van der Waals surface area contributed by atoms with Gasteiger partial charge in [-0.25, -0.2) is 0 Å². The standard InChI is InChI=1S/C21H27NOS2/c1-21(22,16-23)14-13-19-12-11-18(25-19)9-5-3-4-7-17-8-6-10-20(15-17)24-2/h6,8,10-12,15,23H,3-4,7,13-14,16,22H2,1-2H3. The Morgan fingerprint density at radius 2 is 2.08 bits per heavy atom. The van der Waals surface area contributed by atoms with E-state index in [1.807, 2.05) is 6.92 Å². The molecule has 1 atom stereocenters. The van der Waals surface area contributed by atoms with Gasteiger partial charge in [0, 0.05) is 21.7 Å². The number of aryl methyl sites for hydroxylation is 2. The minimum absolute atomic E-state index is 0.0187. The first-order valence-corrected chi connectivity index (χ1v) is 10.7. The third-order valence-corrected chi connectivity index (χ3v) is 5.86. The van der Waals surface area contributed by atoms with E-state index in [4.69, 9.17) is 5.73 Å². The lowest BCUT2D eigenvalue weighted by Crippen LogP contribution is -2.40. The number of unbranched alkanes of at least 4 members (excludes halogenated alkanes) is 1. The van der Waals surface area contributed by atoms with E-state index in [1.165, 1.54) is 15.3 Å². The predicted molar refractivity (Wildman–Crippen MR) is 110 cm³/mol. The van der Waals surface area contributed by atoms with Gasteiger partial charge in [-0.3, -0.25) is 0 Å². The number of aliphatic hydroxyl groups is 1. The molecule has 0 aliphatic heterocycles. The van der Waals surface area contributed by atoms with Gasteiger partial charge in [-0.2, -0.15) is 0 Å². The van der Waals surface area contributed by atoms with Gasteiger partial charge in [0.25, 0.3) is 0 Å². The van der Waals surface area contributed by atoms with E-state index >= 15 is 0 Å². The van der Waals surface area contributed by atoms with Crippen molar-refractivity contribution in [2.45, 2.75) is 49.5 Å². The topological polar surface area (TPSA) is 46.2 Å². The zero-order valence-electron chi connectivity index (χ0n) is 15.0. The van der Waals surface area contributed by atoms with Gasteiger partial charge in [-0.05, 0) is 68.7 Å². The summed E-state index contributed by atoms with van der Waals surface area (Å²) in [6.45, 7) is 1.90. The van der Waals surface area contributed by atoms with Crippen molar-refractivity contribution >= 4 is 23.1 Å². The quantitative estimate of drug-likeness (QED) is 0.407. The van der Waals surface area contributed by atoms with E-state index in [1.54, 1.807) is 23.1 Å². The van der Waals surface area contributed by atoms with Crippen LogP contribution in [0.25, 0.3) is 0 Å². The zero-order chi connectivity index (χ0) is 18.1.